The molecule has 3 rings (SSSR count). The van der Waals surface area contributed by atoms with Gasteiger partial charge in [-0.25, -0.2) is 14.8 Å². The van der Waals surface area contributed by atoms with E-state index in [0.717, 1.165) is 10.5 Å². The maximum atomic E-state index is 12.2. The Hall–Kier alpha value is -2.67. The Labute approximate surface area is 137 Å². The molecular formula is C16H15N3O3S. The normalized spacial score (nSPS) is 10.7. The molecule has 0 aliphatic rings. The van der Waals surface area contributed by atoms with Crippen LogP contribution in [0.5, 0.6) is 5.75 Å². The number of benzene rings is 1. The lowest BCUT2D eigenvalue weighted by atomic mass is 10.2. The molecule has 0 saturated carbocycles. The SMILES string of the molecule is CCOC(=O)c1csc2ncnc(N(C)c3ccc(O)cc3)c12. The lowest BCUT2D eigenvalue weighted by molar-refractivity contribution is 0.0529. The maximum Gasteiger partial charge on any atom is 0.339 e. The molecule has 0 amide bonds. The van der Waals surface area contributed by atoms with Crippen LogP contribution in [0, 0.1) is 0 Å². The molecule has 23 heavy (non-hydrogen) atoms. The predicted octanol–water partition coefficient (Wildman–Crippen LogP) is 3.34. The highest BCUT2D eigenvalue weighted by Gasteiger charge is 2.20. The number of ether oxygens (including phenoxy) is 1. The van der Waals surface area contributed by atoms with Crippen molar-refractivity contribution in [1.82, 2.24) is 9.97 Å². The van der Waals surface area contributed by atoms with E-state index in [9.17, 15) is 9.90 Å². The Bertz CT molecular complexity index is 845. The van der Waals surface area contributed by atoms with Crippen molar-refractivity contribution in [3.05, 3.63) is 41.5 Å². The van der Waals surface area contributed by atoms with Crippen LogP contribution in [0.15, 0.2) is 36.0 Å². The molecule has 1 N–H and O–H groups in total. The van der Waals surface area contributed by atoms with Gasteiger partial charge in [0.25, 0.3) is 0 Å². The number of phenols is 1. The van der Waals surface area contributed by atoms with Crippen LogP contribution < -0.4 is 4.90 Å². The van der Waals surface area contributed by atoms with Crippen LogP contribution in [-0.4, -0.2) is 34.7 Å². The van der Waals surface area contributed by atoms with E-state index in [-0.39, 0.29) is 11.7 Å². The Morgan fingerprint density at radius 2 is 2.04 bits per heavy atom. The molecule has 0 bridgehead atoms. The number of esters is 1. The van der Waals surface area contributed by atoms with Gasteiger partial charge in [0, 0.05) is 18.1 Å². The van der Waals surface area contributed by atoms with Crippen molar-refractivity contribution in [3.8, 4) is 5.75 Å². The fourth-order valence-corrected chi connectivity index (χ4v) is 3.14. The second kappa shape index (κ2) is 6.21. The van der Waals surface area contributed by atoms with Crippen LogP contribution in [0.3, 0.4) is 0 Å². The zero-order valence-corrected chi connectivity index (χ0v) is 13.5. The fourth-order valence-electron chi connectivity index (χ4n) is 2.27. The van der Waals surface area contributed by atoms with Gasteiger partial charge in [0.1, 0.15) is 22.7 Å². The third-order valence-electron chi connectivity index (χ3n) is 3.40. The summed E-state index contributed by atoms with van der Waals surface area (Å²) < 4.78 is 5.11. The van der Waals surface area contributed by atoms with Gasteiger partial charge in [-0.3, -0.25) is 0 Å². The maximum absolute atomic E-state index is 12.2. The van der Waals surface area contributed by atoms with Crippen molar-refractivity contribution in [2.24, 2.45) is 0 Å². The predicted molar refractivity (Wildman–Crippen MR) is 89.5 cm³/mol. The quantitative estimate of drug-likeness (QED) is 0.740. The Kier molecular flexibility index (Phi) is 4.12. The van der Waals surface area contributed by atoms with Crippen molar-refractivity contribution in [2.75, 3.05) is 18.6 Å². The number of thiophene rings is 1. The van der Waals surface area contributed by atoms with E-state index in [1.807, 2.05) is 11.9 Å². The lowest BCUT2D eigenvalue weighted by Gasteiger charge is -2.19. The number of carbonyl (C=O) groups excluding carboxylic acids is 1. The summed E-state index contributed by atoms with van der Waals surface area (Å²) in [4.78, 5) is 23.3. The zero-order valence-electron chi connectivity index (χ0n) is 12.7. The second-order valence-corrected chi connectivity index (χ2v) is 5.68. The molecule has 0 aliphatic heterocycles. The van der Waals surface area contributed by atoms with Crippen molar-refractivity contribution >= 4 is 39.0 Å². The number of anilines is 2. The number of hydrogen-bond acceptors (Lipinski definition) is 7. The Balaban J connectivity index is 2.11. The first kappa shape index (κ1) is 15.2. The van der Waals surface area contributed by atoms with Crippen molar-refractivity contribution in [2.45, 2.75) is 6.92 Å². The zero-order chi connectivity index (χ0) is 16.4. The van der Waals surface area contributed by atoms with Crippen LogP contribution in [-0.2, 0) is 4.74 Å². The molecule has 6 nitrogen and oxygen atoms in total. The number of aromatic hydroxyl groups is 1. The molecule has 2 aromatic heterocycles. The van der Waals surface area contributed by atoms with Gasteiger partial charge in [0.2, 0.25) is 0 Å². The van der Waals surface area contributed by atoms with E-state index in [0.29, 0.717) is 23.4 Å². The van der Waals surface area contributed by atoms with E-state index in [1.54, 1.807) is 36.6 Å². The van der Waals surface area contributed by atoms with Gasteiger partial charge in [-0.1, -0.05) is 0 Å². The number of phenolic OH excluding ortho intramolecular Hbond substituents is 1. The molecule has 0 saturated heterocycles. The molecule has 1 aromatic carbocycles. The van der Waals surface area contributed by atoms with Gasteiger partial charge < -0.3 is 14.7 Å². The van der Waals surface area contributed by atoms with Gasteiger partial charge in [-0.05, 0) is 31.2 Å². The van der Waals surface area contributed by atoms with Crippen LogP contribution in [0.4, 0.5) is 11.5 Å². The minimum atomic E-state index is -0.381. The summed E-state index contributed by atoms with van der Waals surface area (Å²) in [6, 6.07) is 6.76. The third kappa shape index (κ3) is 2.83. The third-order valence-corrected chi connectivity index (χ3v) is 4.29. The van der Waals surface area contributed by atoms with Crippen LogP contribution in [0.25, 0.3) is 10.2 Å². The van der Waals surface area contributed by atoms with Gasteiger partial charge in [0.15, 0.2) is 0 Å². The smallest absolute Gasteiger partial charge is 0.339 e. The van der Waals surface area contributed by atoms with E-state index in [2.05, 4.69) is 9.97 Å². The molecule has 2 heterocycles. The van der Waals surface area contributed by atoms with Crippen molar-refractivity contribution < 1.29 is 14.6 Å². The number of hydrogen-bond donors (Lipinski definition) is 1. The van der Waals surface area contributed by atoms with E-state index >= 15 is 0 Å². The van der Waals surface area contributed by atoms with E-state index < -0.39 is 0 Å². The summed E-state index contributed by atoms with van der Waals surface area (Å²) in [5.74, 6) is 0.427. The van der Waals surface area contributed by atoms with Crippen molar-refractivity contribution in [3.63, 3.8) is 0 Å². The minimum Gasteiger partial charge on any atom is -0.508 e. The van der Waals surface area contributed by atoms with E-state index in [4.69, 9.17) is 4.74 Å². The summed E-state index contributed by atoms with van der Waals surface area (Å²) in [6.45, 7) is 2.08. The number of nitrogens with zero attached hydrogens (tertiary/aromatic N) is 3. The molecule has 3 aromatic rings. The fraction of sp³-hybridized carbons (Fsp3) is 0.188. The topological polar surface area (TPSA) is 75.5 Å². The number of aromatic nitrogens is 2. The molecule has 0 radical (unpaired) electrons. The highest BCUT2D eigenvalue weighted by atomic mass is 32.1. The largest absolute Gasteiger partial charge is 0.508 e. The number of rotatable bonds is 4. The highest BCUT2D eigenvalue weighted by Crippen LogP contribution is 2.34. The summed E-state index contributed by atoms with van der Waals surface area (Å²) in [5, 5.41) is 11.8. The van der Waals surface area contributed by atoms with Crippen LogP contribution >= 0.6 is 11.3 Å². The monoisotopic (exact) mass is 329 g/mol. The average molecular weight is 329 g/mol. The highest BCUT2D eigenvalue weighted by molar-refractivity contribution is 7.17. The first-order valence-corrected chi connectivity index (χ1v) is 7.92. The number of carbonyl (C=O) groups is 1. The molecular weight excluding hydrogens is 314 g/mol. The average Bonchev–Trinajstić information content (AvgIpc) is 2.99. The molecule has 0 fully saturated rings. The van der Waals surface area contributed by atoms with Gasteiger partial charge in [-0.15, -0.1) is 11.3 Å². The molecule has 0 atom stereocenters. The van der Waals surface area contributed by atoms with Gasteiger partial charge in [0.05, 0.1) is 17.6 Å². The standard InChI is InChI=1S/C16H15N3O3S/c1-3-22-16(21)12-8-23-15-13(12)14(17-9-18-15)19(2)10-4-6-11(20)7-5-10/h4-9,20H,3H2,1-2H3. The van der Waals surface area contributed by atoms with Crippen LogP contribution in [0.1, 0.15) is 17.3 Å². The second-order valence-electron chi connectivity index (χ2n) is 4.82. The molecule has 0 aliphatic carbocycles. The molecule has 7 heteroatoms. The molecule has 0 spiro atoms. The molecule has 118 valence electrons. The summed E-state index contributed by atoms with van der Waals surface area (Å²) in [7, 11) is 1.85. The lowest BCUT2D eigenvalue weighted by Crippen LogP contribution is -2.13. The van der Waals surface area contributed by atoms with Crippen LogP contribution in [0.2, 0.25) is 0 Å². The van der Waals surface area contributed by atoms with E-state index in [1.165, 1.54) is 17.7 Å². The summed E-state index contributed by atoms with van der Waals surface area (Å²) in [6.07, 6.45) is 1.47. The molecule has 0 unspecified atom stereocenters. The number of fused-ring (bicyclic) bond motifs is 1. The summed E-state index contributed by atoms with van der Waals surface area (Å²) >= 11 is 1.38. The Morgan fingerprint density at radius 1 is 1.30 bits per heavy atom. The summed E-state index contributed by atoms with van der Waals surface area (Å²) in [5.41, 5.74) is 1.30. The first-order valence-electron chi connectivity index (χ1n) is 7.04. The minimum absolute atomic E-state index is 0.192. The van der Waals surface area contributed by atoms with Crippen molar-refractivity contribution in [1.29, 1.82) is 0 Å². The van der Waals surface area contributed by atoms with Gasteiger partial charge in [-0.2, -0.15) is 0 Å². The Morgan fingerprint density at radius 3 is 2.74 bits per heavy atom. The van der Waals surface area contributed by atoms with Gasteiger partial charge >= 0.3 is 5.97 Å². The first-order chi connectivity index (χ1) is 11.1.